The Balaban J connectivity index is 2.04. The number of hydrogen-bond donors (Lipinski definition) is 1. The van der Waals surface area contributed by atoms with Crippen LogP contribution in [0, 0.1) is 5.41 Å². The van der Waals surface area contributed by atoms with Crippen LogP contribution in [-0.2, 0) is 19.9 Å². The first-order valence-corrected chi connectivity index (χ1v) is 6.91. The third-order valence-electron chi connectivity index (χ3n) is 4.11. The summed E-state index contributed by atoms with van der Waals surface area (Å²) in [6.45, 7) is 6.60. The van der Waals surface area contributed by atoms with Crippen molar-refractivity contribution in [3.8, 4) is 0 Å². The first-order chi connectivity index (χ1) is 8.19. The molecule has 0 aromatic carbocycles. The number of hydrogen-bond acceptors (Lipinski definition) is 2. The van der Waals surface area contributed by atoms with Gasteiger partial charge < -0.3 is 5.32 Å². The summed E-state index contributed by atoms with van der Waals surface area (Å²) < 4.78 is 2.07. The molecule has 17 heavy (non-hydrogen) atoms. The highest BCUT2D eigenvalue weighted by atomic mass is 15.3. The van der Waals surface area contributed by atoms with E-state index in [0.29, 0.717) is 5.41 Å². The van der Waals surface area contributed by atoms with Crippen LogP contribution in [0.3, 0.4) is 0 Å². The Morgan fingerprint density at radius 3 is 2.65 bits per heavy atom. The second kappa shape index (κ2) is 5.21. The second-order valence-electron chi connectivity index (χ2n) is 5.41. The maximum absolute atomic E-state index is 4.55. The van der Waals surface area contributed by atoms with Gasteiger partial charge in [0, 0.05) is 19.3 Å². The van der Waals surface area contributed by atoms with Gasteiger partial charge in [-0.1, -0.05) is 20.3 Å². The first-order valence-electron chi connectivity index (χ1n) is 6.91. The lowest BCUT2D eigenvalue weighted by Gasteiger charge is -2.42. The van der Waals surface area contributed by atoms with Gasteiger partial charge in [-0.25, -0.2) is 0 Å². The maximum Gasteiger partial charge on any atom is 0.0624 e. The molecule has 0 spiro atoms. The number of rotatable bonds is 6. The number of nitrogens with zero attached hydrogens (tertiary/aromatic N) is 2. The molecule has 0 radical (unpaired) electrons. The van der Waals surface area contributed by atoms with Crippen LogP contribution >= 0.6 is 0 Å². The maximum atomic E-state index is 4.55. The third kappa shape index (κ3) is 2.71. The molecule has 96 valence electrons. The zero-order chi connectivity index (χ0) is 12.3. The van der Waals surface area contributed by atoms with Crippen LogP contribution in [0.4, 0.5) is 0 Å². The molecule has 1 aromatic rings. The molecular weight excluding hydrogens is 210 g/mol. The van der Waals surface area contributed by atoms with Crippen molar-refractivity contribution in [2.24, 2.45) is 12.5 Å². The summed E-state index contributed by atoms with van der Waals surface area (Å²) in [6, 6.07) is 2.28. The average Bonchev–Trinajstić information content (AvgIpc) is 2.63. The van der Waals surface area contributed by atoms with Crippen molar-refractivity contribution in [1.82, 2.24) is 15.1 Å². The van der Waals surface area contributed by atoms with Crippen LogP contribution < -0.4 is 5.32 Å². The molecule has 2 rings (SSSR count). The van der Waals surface area contributed by atoms with E-state index in [-0.39, 0.29) is 0 Å². The van der Waals surface area contributed by atoms with Crippen LogP contribution in [0.25, 0.3) is 0 Å². The van der Waals surface area contributed by atoms with Crippen molar-refractivity contribution in [3.05, 3.63) is 17.5 Å². The molecule has 1 N–H and O–H groups in total. The summed E-state index contributed by atoms with van der Waals surface area (Å²) >= 11 is 0. The van der Waals surface area contributed by atoms with E-state index in [9.17, 15) is 0 Å². The van der Waals surface area contributed by atoms with Gasteiger partial charge >= 0.3 is 0 Å². The highest BCUT2D eigenvalue weighted by Gasteiger charge is 2.37. The van der Waals surface area contributed by atoms with Crippen molar-refractivity contribution in [2.45, 2.75) is 46.0 Å². The fourth-order valence-corrected chi connectivity index (χ4v) is 2.78. The van der Waals surface area contributed by atoms with Crippen molar-refractivity contribution >= 4 is 0 Å². The Bertz CT molecular complexity index is 364. The Labute approximate surface area is 105 Å². The van der Waals surface area contributed by atoms with E-state index in [2.05, 4.69) is 42.1 Å². The van der Waals surface area contributed by atoms with Crippen LogP contribution in [0.1, 0.15) is 44.5 Å². The number of aryl methyl sites for hydroxylation is 2. The molecule has 3 heteroatoms. The van der Waals surface area contributed by atoms with Gasteiger partial charge in [0.05, 0.1) is 5.69 Å². The second-order valence-corrected chi connectivity index (χ2v) is 5.41. The molecule has 1 aliphatic rings. The van der Waals surface area contributed by atoms with Gasteiger partial charge in [0.1, 0.15) is 0 Å². The molecule has 1 heterocycles. The Morgan fingerprint density at radius 1 is 1.41 bits per heavy atom. The van der Waals surface area contributed by atoms with E-state index in [1.54, 1.807) is 0 Å². The summed E-state index contributed by atoms with van der Waals surface area (Å²) in [5.74, 6) is 0. The van der Waals surface area contributed by atoms with Gasteiger partial charge in [0.2, 0.25) is 0 Å². The number of aromatic nitrogens is 2. The summed E-state index contributed by atoms with van der Waals surface area (Å²) in [7, 11) is 2.08. The zero-order valence-electron chi connectivity index (χ0n) is 11.4. The highest BCUT2D eigenvalue weighted by molar-refractivity contribution is 5.13. The van der Waals surface area contributed by atoms with E-state index in [1.165, 1.54) is 37.1 Å². The van der Waals surface area contributed by atoms with Gasteiger partial charge in [-0.05, 0) is 43.7 Å². The summed E-state index contributed by atoms with van der Waals surface area (Å²) in [6.07, 6.45) is 6.35. The van der Waals surface area contributed by atoms with E-state index < -0.39 is 0 Å². The van der Waals surface area contributed by atoms with Crippen LogP contribution in [0.2, 0.25) is 0 Å². The lowest BCUT2D eigenvalue weighted by atomic mass is 9.66. The van der Waals surface area contributed by atoms with Gasteiger partial charge in [-0.3, -0.25) is 4.68 Å². The fraction of sp³-hybridized carbons (Fsp3) is 0.786. The SMILES string of the molecule is CCNCC1(Cc2cc(CC)nn2C)CCC1. The monoisotopic (exact) mass is 235 g/mol. The number of nitrogens with one attached hydrogen (secondary N) is 1. The topological polar surface area (TPSA) is 29.9 Å². The predicted octanol–water partition coefficient (Wildman–Crippen LogP) is 2.30. The minimum absolute atomic E-state index is 0.509. The largest absolute Gasteiger partial charge is 0.316 e. The lowest BCUT2D eigenvalue weighted by Crippen LogP contribution is -2.42. The quantitative estimate of drug-likeness (QED) is 0.820. The van der Waals surface area contributed by atoms with Gasteiger partial charge in [-0.15, -0.1) is 0 Å². The molecule has 0 bridgehead atoms. The molecular formula is C14H25N3. The van der Waals surface area contributed by atoms with Crippen molar-refractivity contribution < 1.29 is 0 Å². The Kier molecular flexibility index (Phi) is 3.87. The average molecular weight is 235 g/mol. The van der Waals surface area contributed by atoms with E-state index >= 15 is 0 Å². The Hall–Kier alpha value is -0.830. The van der Waals surface area contributed by atoms with Gasteiger partial charge in [0.25, 0.3) is 0 Å². The van der Waals surface area contributed by atoms with Crippen molar-refractivity contribution in [2.75, 3.05) is 13.1 Å². The molecule has 1 fully saturated rings. The molecule has 0 amide bonds. The summed E-state index contributed by atoms with van der Waals surface area (Å²) in [5.41, 5.74) is 3.13. The minimum Gasteiger partial charge on any atom is -0.316 e. The molecule has 0 aliphatic heterocycles. The molecule has 0 atom stereocenters. The van der Waals surface area contributed by atoms with Crippen LogP contribution in [0.5, 0.6) is 0 Å². The standard InChI is InChI=1S/C14H25N3/c1-4-12-9-13(17(3)16-12)10-14(7-6-8-14)11-15-5-2/h9,15H,4-8,10-11H2,1-3H3. The fourth-order valence-electron chi connectivity index (χ4n) is 2.78. The first kappa shape index (κ1) is 12.6. The predicted molar refractivity (Wildman–Crippen MR) is 71.1 cm³/mol. The van der Waals surface area contributed by atoms with Crippen LogP contribution in [0.15, 0.2) is 6.07 Å². The van der Waals surface area contributed by atoms with Crippen molar-refractivity contribution in [3.63, 3.8) is 0 Å². The third-order valence-corrected chi connectivity index (χ3v) is 4.11. The van der Waals surface area contributed by atoms with Gasteiger partial charge in [-0.2, -0.15) is 5.10 Å². The van der Waals surface area contributed by atoms with Gasteiger partial charge in [0.15, 0.2) is 0 Å². The highest BCUT2D eigenvalue weighted by Crippen LogP contribution is 2.43. The lowest BCUT2D eigenvalue weighted by molar-refractivity contribution is 0.128. The molecule has 1 aromatic heterocycles. The molecule has 0 saturated heterocycles. The minimum atomic E-state index is 0.509. The Morgan fingerprint density at radius 2 is 2.18 bits per heavy atom. The smallest absolute Gasteiger partial charge is 0.0624 e. The zero-order valence-corrected chi connectivity index (χ0v) is 11.4. The molecule has 0 unspecified atom stereocenters. The summed E-state index contributed by atoms with van der Waals surface area (Å²) in [5, 5.41) is 8.07. The normalized spacial score (nSPS) is 18.1. The molecule has 3 nitrogen and oxygen atoms in total. The summed E-state index contributed by atoms with van der Waals surface area (Å²) in [4.78, 5) is 0. The van der Waals surface area contributed by atoms with Crippen LogP contribution in [-0.4, -0.2) is 22.9 Å². The molecule has 1 aliphatic carbocycles. The van der Waals surface area contributed by atoms with Crippen molar-refractivity contribution in [1.29, 1.82) is 0 Å². The molecule has 1 saturated carbocycles. The van der Waals surface area contributed by atoms with E-state index in [4.69, 9.17) is 0 Å². The van der Waals surface area contributed by atoms with E-state index in [0.717, 1.165) is 19.5 Å². The van der Waals surface area contributed by atoms with E-state index in [1.807, 2.05) is 0 Å².